The summed E-state index contributed by atoms with van der Waals surface area (Å²) in [5.41, 5.74) is 6.22. The van der Waals surface area contributed by atoms with Gasteiger partial charge < -0.3 is 45.7 Å². The van der Waals surface area contributed by atoms with Crippen LogP contribution in [0.3, 0.4) is 0 Å². The summed E-state index contributed by atoms with van der Waals surface area (Å²) < 4.78 is 15.4. The number of halogens is 1. The van der Waals surface area contributed by atoms with E-state index < -0.39 is 26.3 Å². The number of amides is 4. The van der Waals surface area contributed by atoms with Crippen molar-refractivity contribution in [2.75, 3.05) is 98.4 Å². The van der Waals surface area contributed by atoms with Crippen LogP contribution in [0.1, 0.15) is 125 Å². The molecule has 6 rings (SSSR count). The number of aliphatic hydroxyl groups excluding tert-OH is 2. The monoisotopic (exact) mass is 1290 g/mol. The molecule has 3 heterocycles. The van der Waals surface area contributed by atoms with Crippen LogP contribution in [0.15, 0.2) is 66.7 Å². The second-order valence-electron chi connectivity index (χ2n) is 23.0. The molecule has 0 aliphatic carbocycles. The number of carbonyl (C=O) groups is 4. The van der Waals surface area contributed by atoms with E-state index in [1.165, 1.54) is 4.90 Å². The van der Waals surface area contributed by atoms with Gasteiger partial charge in [-0.3, -0.25) is 9.59 Å². The summed E-state index contributed by atoms with van der Waals surface area (Å²) in [5, 5.41) is 38.2. The molecule has 1 unspecified atom stereocenters. The number of ether oxygens (including phenoxy) is 1. The zero-order valence-corrected chi connectivity index (χ0v) is 55.7. The Morgan fingerprint density at radius 1 is 0.915 bits per heavy atom. The van der Waals surface area contributed by atoms with Gasteiger partial charge in [0.25, 0.3) is 0 Å². The van der Waals surface area contributed by atoms with Crippen LogP contribution < -0.4 is 40.7 Å². The maximum atomic E-state index is 13.1. The Bertz CT molecular complexity index is 2580. The molecule has 2 saturated heterocycles. The Morgan fingerprint density at radius 3 is 2.20 bits per heavy atom. The molecule has 7 N–H and O–H groups in total. The van der Waals surface area contributed by atoms with Crippen LogP contribution in [0.5, 0.6) is 11.5 Å². The van der Waals surface area contributed by atoms with Crippen LogP contribution >= 0.6 is 43.5 Å². The van der Waals surface area contributed by atoms with Gasteiger partial charge in [-0.05, 0) is 81.3 Å². The Morgan fingerprint density at radius 2 is 1.59 bits per heavy atom. The predicted molar refractivity (Wildman–Crippen MR) is 353 cm³/mol. The quantitative estimate of drug-likeness (QED) is 0.0151. The normalized spacial score (nSPS) is 15.8. The van der Waals surface area contributed by atoms with E-state index in [1.807, 2.05) is 69.1 Å². The first kappa shape index (κ1) is 71.4. The van der Waals surface area contributed by atoms with E-state index in [4.69, 9.17) is 18.0 Å². The number of hydrogen-bond acceptors (Lipinski definition) is 15. The summed E-state index contributed by atoms with van der Waals surface area (Å²) in [6.45, 7) is 25.9. The van der Waals surface area contributed by atoms with Gasteiger partial charge in [0, 0.05) is 78.5 Å². The van der Waals surface area contributed by atoms with Crippen molar-refractivity contribution >= 4 is 96.6 Å². The number of hydrogen-bond donors (Lipinski definition) is 7. The average Bonchev–Trinajstić information content (AvgIpc) is 3.88. The molecule has 0 bridgehead atoms. The number of thiophene rings is 1. The number of alkyl halides is 2. The molecule has 0 radical (unpaired) electrons. The number of aldehydes is 1. The van der Waals surface area contributed by atoms with E-state index in [9.17, 15) is 24.3 Å². The minimum absolute atomic E-state index is 0.0635. The van der Waals surface area contributed by atoms with Gasteiger partial charge >= 0.3 is 212 Å². The molecule has 2 aliphatic heterocycles. The van der Waals surface area contributed by atoms with Crippen molar-refractivity contribution in [1.82, 2.24) is 14.9 Å². The van der Waals surface area contributed by atoms with Crippen molar-refractivity contribution < 1.29 is 42.3 Å². The Labute approximate surface area is 507 Å². The molecule has 460 valence electrons. The first-order chi connectivity index (χ1) is 39.0. The van der Waals surface area contributed by atoms with Crippen molar-refractivity contribution in [3.05, 3.63) is 77.2 Å². The zero-order valence-electron chi connectivity index (χ0n) is 51.9. The van der Waals surface area contributed by atoms with E-state index in [1.54, 1.807) is 18.4 Å². The molecular formula is C62H99IN8O9S2. The summed E-state index contributed by atoms with van der Waals surface area (Å²) in [6, 6.07) is 21.7. The molecule has 2 atom stereocenters. The standard InChI is InChI=1S/C58H85IN8O7S2.C2H6.2CH4O/c1-56(2,3)38-73-53-50(36-74-59(9)57(4,5)6)76-54(52(53)71)42-16-14-18-44(32-42)62-45-26-30-67(58(7,8)34-45)75-37-41-15-13-17-43(31-41)63-55(72)61-27-23-40-24-28-65(29-25-40)46-19-21-48(49(33-46)64(11)12)66(39-69)47(35-68)20-22-51(70)60-10;3*1-2/h13-19,21,31-33,35,39-40,45,47,62,71H,20,22-30,34,36-38H2,1-12H3,(H,60,70)(H2,61,63,72);1-2H3;2*2H,1H3/t45-,47?;;;/m0.../s1. The molecule has 82 heavy (non-hydrogen) atoms. The minimum Gasteiger partial charge on any atom is -0.400 e. The van der Waals surface area contributed by atoms with Gasteiger partial charge in [-0.2, -0.15) is 0 Å². The molecule has 3 aromatic carbocycles. The van der Waals surface area contributed by atoms with Gasteiger partial charge in [-0.15, -0.1) is 0 Å². The van der Waals surface area contributed by atoms with Crippen LogP contribution in [-0.2, 0) is 29.8 Å². The molecule has 20 heteroatoms. The second-order valence-corrected chi connectivity index (χ2v) is 31.4. The summed E-state index contributed by atoms with van der Waals surface area (Å²) >= 11 is 1.71. The first-order valence-electron chi connectivity index (χ1n) is 28.5. The first-order valence-corrected chi connectivity index (χ1v) is 34.3. The van der Waals surface area contributed by atoms with Gasteiger partial charge in [0.1, 0.15) is 6.29 Å². The van der Waals surface area contributed by atoms with E-state index in [-0.39, 0.29) is 50.9 Å². The zero-order chi connectivity index (χ0) is 61.4. The number of rotatable bonds is 24. The van der Waals surface area contributed by atoms with Gasteiger partial charge in [0.05, 0.1) is 17.4 Å². The average molecular weight is 1290 g/mol. The van der Waals surface area contributed by atoms with Gasteiger partial charge in [0.15, 0.2) is 0 Å². The van der Waals surface area contributed by atoms with E-state index in [0.717, 1.165) is 122 Å². The van der Waals surface area contributed by atoms with E-state index in [0.29, 0.717) is 43.5 Å². The SMILES string of the molecule is CC.CNC(=O)CCC(C=O)N(C=O)c1ccc(N2CCC(CCNC(=O)Nc3cccc(CSN4CC[C@H](Nc5cccc(-c6sc(COI(C)C(C)(C)C)c(OCC(C)(C)C)c6O)c5)CC4(C)C)c3)CC2)cc1N(C)C.CO.CO. The second kappa shape index (κ2) is 34.8. The van der Waals surface area contributed by atoms with E-state index in [2.05, 4.69) is 133 Å². The molecule has 0 saturated carbocycles. The fraction of sp³-hybridized carbons (Fsp3) is 0.581. The number of anilines is 5. The van der Waals surface area contributed by atoms with Crippen molar-refractivity contribution in [2.45, 2.75) is 148 Å². The van der Waals surface area contributed by atoms with Gasteiger partial charge in [-0.25, -0.2) is 9.10 Å². The summed E-state index contributed by atoms with van der Waals surface area (Å²) in [5.74, 6) is 1.81. The van der Waals surface area contributed by atoms with Crippen LogP contribution in [0, 0.1) is 11.3 Å². The minimum atomic E-state index is -1.68. The van der Waals surface area contributed by atoms with Crippen molar-refractivity contribution in [3.63, 3.8) is 0 Å². The number of nitrogens with one attached hydrogen (secondary N) is 4. The summed E-state index contributed by atoms with van der Waals surface area (Å²) in [4.78, 5) is 58.9. The maximum absolute atomic E-state index is 13.1. The third-order valence-corrected chi connectivity index (χ3v) is 22.4. The molecular weight excluding hydrogens is 1190 g/mol. The topological polar surface area (TPSA) is 209 Å². The summed E-state index contributed by atoms with van der Waals surface area (Å²) in [7, 11) is 7.37. The van der Waals surface area contributed by atoms with Gasteiger partial charge in [0.2, 0.25) is 12.3 Å². The molecule has 2 aliphatic rings. The van der Waals surface area contributed by atoms with Crippen molar-refractivity contribution in [3.8, 4) is 21.9 Å². The van der Waals surface area contributed by atoms with Crippen LogP contribution in [0.4, 0.5) is 33.2 Å². The molecule has 4 amide bonds. The van der Waals surface area contributed by atoms with E-state index >= 15 is 0 Å². The number of aliphatic hydroxyl groups is 2. The fourth-order valence-electron chi connectivity index (χ4n) is 9.42. The van der Waals surface area contributed by atoms with Crippen LogP contribution in [0.2, 0.25) is 0 Å². The number of nitrogens with zero attached hydrogens (tertiary/aromatic N) is 4. The Balaban J connectivity index is 0.00000284. The smallest absolute Gasteiger partial charge is 0.400 e. The third kappa shape index (κ3) is 22.0. The molecule has 1 aromatic heterocycles. The number of aromatic hydroxyl groups is 1. The Hall–Kier alpha value is -4.84. The third-order valence-electron chi connectivity index (χ3n) is 14.0. The van der Waals surface area contributed by atoms with Crippen LogP contribution in [-0.4, -0.2) is 138 Å². The fourth-order valence-corrected chi connectivity index (χ4v) is 13.5. The molecule has 2 fully saturated rings. The predicted octanol–water partition coefficient (Wildman–Crippen LogP) is 12.2. The number of carbonyl (C=O) groups excluding carboxylic acids is 4. The number of piperidine rings is 2. The summed E-state index contributed by atoms with van der Waals surface area (Å²) in [6.07, 6.45) is 6.56. The van der Waals surface area contributed by atoms with Crippen LogP contribution in [0.25, 0.3) is 10.4 Å². The number of benzene rings is 3. The molecule has 17 nitrogen and oxygen atoms in total. The molecule has 0 spiro atoms. The van der Waals surface area contributed by atoms with Crippen molar-refractivity contribution in [1.29, 1.82) is 0 Å². The Kier molecular flexibility index (Phi) is 30.3. The molecule has 4 aromatic rings. The van der Waals surface area contributed by atoms with Crippen molar-refractivity contribution in [2.24, 2.45) is 11.3 Å². The number of urea groups is 1. The van der Waals surface area contributed by atoms with Gasteiger partial charge in [-0.1, -0.05) is 37.9 Å².